The summed E-state index contributed by atoms with van der Waals surface area (Å²) in [6.07, 6.45) is 1.44. The van der Waals surface area contributed by atoms with E-state index in [0.29, 0.717) is 24.5 Å². The molecule has 0 fully saturated rings. The number of hydrogen-bond donors (Lipinski definition) is 1. The van der Waals surface area contributed by atoms with Crippen molar-refractivity contribution < 1.29 is 9.84 Å². The fourth-order valence-corrected chi connectivity index (χ4v) is 2.46. The highest BCUT2D eigenvalue weighted by Gasteiger charge is 2.38. The molecule has 0 aromatic heterocycles. The van der Waals surface area contributed by atoms with Gasteiger partial charge in [0, 0.05) is 5.57 Å². The van der Waals surface area contributed by atoms with E-state index in [1.54, 1.807) is 0 Å². The fourth-order valence-electron chi connectivity index (χ4n) is 2.46. The molecule has 20 heavy (non-hydrogen) atoms. The van der Waals surface area contributed by atoms with Crippen LogP contribution in [0.2, 0.25) is 0 Å². The standard InChI is InChI=1S/C17H23NO2/c1-5-11-17(19,14-9-7-6-8-10-14)13(2)15-18-16(3,4)12-20-15/h6-10,19H,2,5,11-12H2,1,3-4H3. The molecule has 0 saturated carbocycles. The summed E-state index contributed by atoms with van der Waals surface area (Å²) in [6, 6.07) is 9.61. The molecule has 1 N–H and O–H groups in total. The summed E-state index contributed by atoms with van der Waals surface area (Å²) in [7, 11) is 0. The molecular formula is C17H23NO2. The van der Waals surface area contributed by atoms with Gasteiger partial charge in [0.25, 0.3) is 0 Å². The second kappa shape index (κ2) is 5.41. The summed E-state index contributed by atoms with van der Waals surface area (Å²) in [5, 5.41) is 11.1. The van der Waals surface area contributed by atoms with Gasteiger partial charge >= 0.3 is 0 Å². The van der Waals surface area contributed by atoms with Gasteiger partial charge in [-0.05, 0) is 25.8 Å². The number of ether oxygens (including phenoxy) is 1. The third kappa shape index (κ3) is 2.78. The monoisotopic (exact) mass is 273 g/mol. The molecule has 0 radical (unpaired) electrons. The topological polar surface area (TPSA) is 41.8 Å². The Morgan fingerprint density at radius 1 is 1.40 bits per heavy atom. The van der Waals surface area contributed by atoms with E-state index < -0.39 is 5.60 Å². The Morgan fingerprint density at radius 2 is 2.05 bits per heavy atom. The van der Waals surface area contributed by atoms with Crippen molar-refractivity contribution in [3.63, 3.8) is 0 Å². The zero-order chi connectivity index (χ0) is 14.8. The minimum absolute atomic E-state index is 0.248. The molecule has 1 aromatic rings. The molecule has 0 aliphatic carbocycles. The summed E-state index contributed by atoms with van der Waals surface area (Å²) in [5.41, 5.74) is 0.0242. The van der Waals surface area contributed by atoms with Gasteiger partial charge < -0.3 is 9.84 Å². The molecule has 0 amide bonds. The van der Waals surface area contributed by atoms with Crippen LogP contribution >= 0.6 is 0 Å². The number of benzene rings is 1. The van der Waals surface area contributed by atoms with Crippen molar-refractivity contribution in [3.8, 4) is 0 Å². The summed E-state index contributed by atoms with van der Waals surface area (Å²) in [6.45, 7) is 10.7. The number of nitrogens with zero attached hydrogens (tertiary/aromatic N) is 1. The highest BCUT2D eigenvalue weighted by molar-refractivity contribution is 5.96. The lowest BCUT2D eigenvalue weighted by atomic mass is 9.83. The summed E-state index contributed by atoms with van der Waals surface area (Å²) < 4.78 is 5.63. The largest absolute Gasteiger partial charge is 0.475 e. The maximum absolute atomic E-state index is 11.1. The van der Waals surface area contributed by atoms with Crippen LogP contribution < -0.4 is 0 Å². The van der Waals surface area contributed by atoms with Gasteiger partial charge in [0.2, 0.25) is 5.90 Å². The zero-order valence-electron chi connectivity index (χ0n) is 12.5. The van der Waals surface area contributed by atoms with Gasteiger partial charge in [0.1, 0.15) is 12.2 Å². The van der Waals surface area contributed by atoms with Crippen LogP contribution in [0.1, 0.15) is 39.2 Å². The second-order valence-corrected chi connectivity index (χ2v) is 5.97. The summed E-state index contributed by atoms with van der Waals surface area (Å²) >= 11 is 0. The molecule has 1 unspecified atom stereocenters. The quantitative estimate of drug-likeness (QED) is 0.893. The van der Waals surface area contributed by atoms with E-state index in [4.69, 9.17) is 4.74 Å². The van der Waals surface area contributed by atoms with Crippen LogP contribution in [0, 0.1) is 0 Å². The van der Waals surface area contributed by atoms with Gasteiger partial charge in [-0.3, -0.25) is 0 Å². The minimum atomic E-state index is -1.12. The van der Waals surface area contributed by atoms with Crippen LogP contribution in [-0.4, -0.2) is 23.2 Å². The van der Waals surface area contributed by atoms with Crippen LogP contribution in [0.4, 0.5) is 0 Å². The Balaban J connectivity index is 2.37. The molecule has 1 atom stereocenters. The summed E-state index contributed by atoms with van der Waals surface area (Å²) in [5.74, 6) is 0.481. The van der Waals surface area contributed by atoms with Gasteiger partial charge in [0.15, 0.2) is 0 Å². The Hall–Kier alpha value is -1.61. The molecule has 1 heterocycles. The van der Waals surface area contributed by atoms with Crippen LogP contribution in [0.3, 0.4) is 0 Å². The molecule has 108 valence electrons. The third-order valence-corrected chi connectivity index (χ3v) is 3.59. The maximum atomic E-state index is 11.1. The molecule has 1 aliphatic heterocycles. The van der Waals surface area contributed by atoms with E-state index >= 15 is 0 Å². The van der Waals surface area contributed by atoms with E-state index in [-0.39, 0.29) is 5.54 Å². The molecule has 0 saturated heterocycles. The van der Waals surface area contributed by atoms with E-state index in [9.17, 15) is 5.11 Å². The van der Waals surface area contributed by atoms with E-state index in [1.165, 1.54) is 0 Å². The lowest BCUT2D eigenvalue weighted by molar-refractivity contribution is 0.0693. The zero-order valence-corrected chi connectivity index (χ0v) is 12.5. The second-order valence-electron chi connectivity index (χ2n) is 5.97. The van der Waals surface area contributed by atoms with Crippen LogP contribution in [-0.2, 0) is 10.3 Å². The van der Waals surface area contributed by atoms with E-state index in [0.717, 1.165) is 12.0 Å². The van der Waals surface area contributed by atoms with Crippen LogP contribution in [0.5, 0.6) is 0 Å². The molecule has 0 spiro atoms. The molecule has 3 nitrogen and oxygen atoms in total. The van der Waals surface area contributed by atoms with E-state index in [2.05, 4.69) is 11.6 Å². The average Bonchev–Trinajstić information content (AvgIpc) is 2.79. The van der Waals surface area contributed by atoms with Gasteiger partial charge in [-0.1, -0.05) is 50.3 Å². The first-order valence-corrected chi connectivity index (χ1v) is 7.09. The minimum Gasteiger partial charge on any atom is -0.475 e. The smallest absolute Gasteiger partial charge is 0.215 e. The first kappa shape index (κ1) is 14.8. The summed E-state index contributed by atoms with van der Waals surface area (Å²) in [4.78, 5) is 4.53. The molecule has 1 aliphatic rings. The fraction of sp³-hybridized carbons (Fsp3) is 0.471. The normalized spacial score (nSPS) is 19.9. The highest BCUT2D eigenvalue weighted by Crippen LogP contribution is 2.36. The third-order valence-electron chi connectivity index (χ3n) is 3.59. The van der Waals surface area contributed by atoms with Crippen LogP contribution in [0.15, 0.2) is 47.5 Å². The molecule has 1 aromatic carbocycles. The molecule has 0 bridgehead atoms. The van der Waals surface area contributed by atoms with Gasteiger partial charge in [-0.15, -0.1) is 0 Å². The highest BCUT2D eigenvalue weighted by atomic mass is 16.5. The van der Waals surface area contributed by atoms with Crippen molar-refractivity contribution >= 4 is 5.90 Å². The van der Waals surface area contributed by atoms with Crippen molar-refractivity contribution in [1.29, 1.82) is 0 Å². The first-order chi connectivity index (χ1) is 9.39. The predicted molar refractivity (Wildman–Crippen MR) is 81.9 cm³/mol. The van der Waals surface area contributed by atoms with Crippen molar-refractivity contribution in [2.24, 2.45) is 4.99 Å². The van der Waals surface area contributed by atoms with Crippen molar-refractivity contribution in [2.45, 2.75) is 44.8 Å². The number of aliphatic imine (C=N–C) groups is 1. The number of hydrogen-bond acceptors (Lipinski definition) is 3. The van der Waals surface area contributed by atoms with E-state index in [1.807, 2.05) is 51.1 Å². The average molecular weight is 273 g/mol. The number of rotatable bonds is 5. The molecule has 3 heteroatoms. The maximum Gasteiger partial charge on any atom is 0.215 e. The Bertz CT molecular complexity index is 519. The SMILES string of the molecule is C=C(C1=NC(C)(C)CO1)C(O)(CCC)c1ccccc1. The van der Waals surface area contributed by atoms with Crippen molar-refractivity contribution in [2.75, 3.05) is 6.61 Å². The van der Waals surface area contributed by atoms with Gasteiger partial charge in [0.05, 0.1) is 5.54 Å². The Kier molecular flexibility index (Phi) is 4.00. The van der Waals surface area contributed by atoms with Crippen molar-refractivity contribution in [1.82, 2.24) is 0 Å². The Morgan fingerprint density at radius 3 is 2.55 bits per heavy atom. The molecular weight excluding hydrogens is 250 g/mol. The Labute approximate surface area is 121 Å². The number of aliphatic hydroxyl groups is 1. The van der Waals surface area contributed by atoms with Crippen molar-refractivity contribution in [3.05, 3.63) is 48.0 Å². The van der Waals surface area contributed by atoms with Gasteiger partial charge in [-0.2, -0.15) is 0 Å². The first-order valence-electron chi connectivity index (χ1n) is 7.09. The van der Waals surface area contributed by atoms with Crippen LogP contribution in [0.25, 0.3) is 0 Å². The molecule has 2 rings (SSSR count). The van der Waals surface area contributed by atoms with Gasteiger partial charge in [-0.25, -0.2) is 4.99 Å². The lowest BCUT2D eigenvalue weighted by Crippen LogP contribution is -2.32. The predicted octanol–water partition coefficient (Wildman–Crippen LogP) is 3.44. The lowest BCUT2D eigenvalue weighted by Gasteiger charge is -2.30.